The van der Waals surface area contributed by atoms with E-state index in [1.807, 2.05) is 0 Å². The Morgan fingerprint density at radius 1 is 1.43 bits per heavy atom. The number of hydrogen-bond acceptors (Lipinski definition) is 6. The van der Waals surface area contributed by atoms with Gasteiger partial charge in [0.2, 0.25) is 5.16 Å². The maximum atomic E-state index is 9.44. The molecule has 2 heterocycles. The first-order valence-corrected chi connectivity index (χ1v) is 8.62. The van der Waals surface area contributed by atoms with Crippen molar-refractivity contribution in [1.82, 2.24) is 20.2 Å². The van der Waals surface area contributed by atoms with Crippen molar-refractivity contribution >= 4 is 11.8 Å². The molecule has 0 N–H and O–H groups in total. The number of ether oxygens (including phenoxy) is 1. The molecule has 0 unspecified atom stereocenters. The molecule has 1 saturated heterocycles. The van der Waals surface area contributed by atoms with E-state index in [0.717, 1.165) is 25.0 Å². The molecule has 1 aliphatic heterocycles. The van der Waals surface area contributed by atoms with E-state index in [0.29, 0.717) is 18.1 Å². The fourth-order valence-corrected chi connectivity index (χ4v) is 3.46. The van der Waals surface area contributed by atoms with Crippen LogP contribution < -0.4 is 0 Å². The fraction of sp³-hybridized carbons (Fsp3) is 0.500. The van der Waals surface area contributed by atoms with Crippen LogP contribution in [0.4, 0.5) is 0 Å². The van der Waals surface area contributed by atoms with Crippen molar-refractivity contribution in [2.24, 2.45) is 0 Å². The van der Waals surface area contributed by atoms with Gasteiger partial charge in [0.15, 0.2) is 0 Å². The van der Waals surface area contributed by atoms with Crippen LogP contribution >= 0.6 is 11.8 Å². The second-order valence-electron chi connectivity index (χ2n) is 5.70. The number of aromatic nitrogens is 4. The summed E-state index contributed by atoms with van der Waals surface area (Å²) in [7, 11) is 0. The highest BCUT2D eigenvalue weighted by atomic mass is 32.2. The molecule has 3 rings (SSSR count). The third-order valence-corrected chi connectivity index (χ3v) is 4.89. The Kier molecular flexibility index (Phi) is 5.26. The van der Waals surface area contributed by atoms with Crippen LogP contribution in [0.25, 0.3) is 0 Å². The average molecular weight is 329 g/mol. The number of benzene rings is 1. The van der Waals surface area contributed by atoms with Gasteiger partial charge >= 0.3 is 0 Å². The molecule has 0 amide bonds. The molecule has 1 aromatic heterocycles. The lowest BCUT2D eigenvalue weighted by molar-refractivity contribution is 0.0912. The molecule has 1 aromatic carbocycles. The summed E-state index contributed by atoms with van der Waals surface area (Å²) < 4.78 is 7.38. The lowest BCUT2D eigenvalue weighted by atomic mass is 10.1. The Morgan fingerprint density at radius 3 is 2.96 bits per heavy atom. The first-order valence-electron chi connectivity index (χ1n) is 7.74. The molecule has 0 bridgehead atoms. The summed E-state index contributed by atoms with van der Waals surface area (Å²) in [6.07, 6.45) is 2.97. The van der Waals surface area contributed by atoms with Gasteiger partial charge < -0.3 is 4.74 Å². The van der Waals surface area contributed by atoms with E-state index in [-0.39, 0.29) is 11.4 Å². The van der Waals surface area contributed by atoms with Crippen molar-refractivity contribution in [3.63, 3.8) is 0 Å². The second-order valence-corrected chi connectivity index (χ2v) is 6.87. The van der Waals surface area contributed by atoms with Crippen molar-refractivity contribution < 1.29 is 4.74 Å². The maximum Gasteiger partial charge on any atom is 0.210 e. The predicted octanol–water partition coefficient (Wildman–Crippen LogP) is 2.39. The smallest absolute Gasteiger partial charge is 0.210 e. The monoisotopic (exact) mass is 329 g/mol. The molecule has 23 heavy (non-hydrogen) atoms. The Bertz CT molecular complexity index is 673. The fourth-order valence-electron chi connectivity index (χ4n) is 2.56. The van der Waals surface area contributed by atoms with Crippen LogP contribution in [-0.4, -0.2) is 38.2 Å². The van der Waals surface area contributed by atoms with Gasteiger partial charge in [-0.15, -0.1) is 5.10 Å². The normalized spacial score (nSPS) is 18.7. The van der Waals surface area contributed by atoms with Gasteiger partial charge in [0.05, 0.1) is 18.7 Å². The van der Waals surface area contributed by atoms with E-state index in [1.165, 1.54) is 17.3 Å². The maximum absolute atomic E-state index is 9.44. The first-order chi connectivity index (χ1) is 11.2. The van der Waals surface area contributed by atoms with E-state index in [1.54, 1.807) is 4.68 Å². The molecule has 120 valence electrons. The van der Waals surface area contributed by atoms with Crippen LogP contribution in [0, 0.1) is 18.3 Å². The first kappa shape index (κ1) is 16.0. The van der Waals surface area contributed by atoms with E-state index in [4.69, 9.17) is 4.74 Å². The van der Waals surface area contributed by atoms with Crippen LogP contribution in [0.2, 0.25) is 0 Å². The number of rotatable bonds is 6. The molecular formula is C16H19N5OS. The van der Waals surface area contributed by atoms with Crippen LogP contribution in [0.5, 0.6) is 0 Å². The van der Waals surface area contributed by atoms with E-state index in [9.17, 15) is 5.26 Å². The summed E-state index contributed by atoms with van der Waals surface area (Å²) in [5, 5.41) is 21.7. The zero-order chi connectivity index (χ0) is 16.1. The van der Waals surface area contributed by atoms with Gasteiger partial charge in [-0.3, -0.25) is 0 Å². The molecule has 1 aliphatic rings. The Morgan fingerprint density at radius 2 is 2.26 bits per heavy atom. The summed E-state index contributed by atoms with van der Waals surface area (Å²) in [5.74, 6) is 0. The number of hydrogen-bond donors (Lipinski definition) is 0. The van der Waals surface area contributed by atoms with Crippen LogP contribution in [0.3, 0.4) is 0 Å². The van der Waals surface area contributed by atoms with Gasteiger partial charge in [0.25, 0.3) is 0 Å². The van der Waals surface area contributed by atoms with Crippen molar-refractivity contribution in [2.75, 3.05) is 6.61 Å². The quantitative estimate of drug-likeness (QED) is 0.757. The minimum atomic E-state index is -0.216. The summed E-state index contributed by atoms with van der Waals surface area (Å²) in [5.41, 5.74) is 2.36. The number of nitriles is 1. The highest BCUT2D eigenvalue weighted by molar-refractivity contribution is 8.00. The lowest BCUT2D eigenvalue weighted by Crippen LogP contribution is -2.17. The molecule has 0 radical (unpaired) electrons. The highest BCUT2D eigenvalue weighted by Gasteiger charge is 2.21. The van der Waals surface area contributed by atoms with Crippen molar-refractivity contribution in [3.8, 4) is 6.07 Å². The van der Waals surface area contributed by atoms with Gasteiger partial charge in [-0.1, -0.05) is 41.6 Å². The number of thioether (sulfide) groups is 1. The van der Waals surface area contributed by atoms with Crippen molar-refractivity contribution in [1.29, 1.82) is 5.26 Å². The second kappa shape index (κ2) is 7.57. The van der Waals surface area contributed by atoms with Gasteiger partial charge in [0.1, 0.15) is 5.25 Å². The summed E-state index contributed by atoms with van der Waals surface area (Å²) in [6, 6.07) is 10.6. The zero-order valence-electron chi connectivity index (χ0n) is 13.1. The van der Waals surface area contributed by atoms with Crippen LogP contribution in [0.1, 0.15) is 24.0 Å². The summed E-state index contributed by atoms with van der Waals surface area (Å²) in [4.78, 5) is 0. The molecule has 0 spiro atoms. The molecule has 2 atom stereocenters. The molecule has 0 saturated carbocycles. The Hall–Kier alpha value is -1.91. The van der Waals surface area contributed by atoms with E-state index in [2.05, 4.69) is 52.8 Å². The minimum absolute atomic E-state index is 0.176. The largest absolute Gasteiger partial charge is 0.376 e. The Labute approximate surface area is 139 Å². The van der Waals surface area contributed by atoms with Crippen LogP contribution in [0.15, 0.2) is 29.4 Å². The standard InChI is InChI=1S/C16H19N5OS/c1-12-4-6-13(7-5-12)9-15(10-17)23-16-18-19-20-21(16)11-14-3-2-8-22-14/h4-7,14-15H,2-3,8-9,11H2,1H3/t14-,15+/m1/s1. The molecular weight excluding hydrogens is 310 g/mol. The minimum Gasteiger partial charge on any atom is -0.376 e. The molecule has 1 fully saturated rings. The van der Waals surface area contributed by atoms with Crippen molar-refractivity contribution in [3.05, 3.63) is 35.4 Å². The number of nitrogens with zero attached hydrogens (tertiary/aromatic N) is 5. The predicted molar refractivity (Wildman–Crippen MR) is 86.9 cm³/mol. The number of aryl methyl sites for hydroxylation is 1. The molecule has 7 heteroatoms. The molecule has 0 aliphatic carbocycles. The third-order valence-electron chi connectivity index (χ3n) is 3.83. The Balaban J connectivity index is 1.63. The highest BCUT2D eigenvalue weighted by Crippen LogP contribution is 2.24. The number of tetrazole rings is 1. The third kappa shape index (κ3) is 4.30. The van der Waals surface area contributed by atoms with E-state index < -0.39 is 0 Å². The average Bonchev–Trinajstić information content (AvgIpc) is 3.22. The zero-order valence-corrected chi connectivity index (χ0v) is 13.9. The lowest BCUT2D eigenvalue weighted by Gasteiger charge is -2.12. The van der Waals surface area contributed by atoms with E-state index >= 15 is 0 Å². The van der Waals surface area contributed by atoms with Gasteiger partial charge in [-0.25, -0.2) is 4.68 Å². The summed E-state index contributed by atoms with van der Waals surface area (Å²) in [6.45, 7) is 3.51. The summed E-state index contributed by atoms with van der Waals surface area (Å²) >= 11 is 1.41. The van der Waals surface area contributed by atoms with Gasteiger partial charge in [-0.05, 0) is 42.2 Å². The van der Waals surface area contributed by atoms with Gasteiger partial charge in [-0.2, -0.15) is 5.26 Å². The van der Waals surface area contributed by atoms with Crippen molar-refractivity contribution in [2.45, 2.75) is 49.2 Å². The molecule has 6 nitrogen and oxygen atoms in total. The van der Waals surface area contributed by atoms with Crippen LogP contribution in [-0.2, 0) is 17.7 Å². The van der Waals surface area contributed by atoms with Gasteiger partial charge in [0, 0.05) is 6.61 Å². The SMILES string of the molecule is Cc1ccc(C[C@@H](C#N)Sc2nnnn2C[C@H]2CCCO2)cc1. The molecule has 2 aromatic rings. The topological polar surface area (TPSA) is 76.6 Å².